The van der Waals surface area contributed by atoms with Gasteiger partial charge in [-0.3, -0.25) is 0 Å². The van der Waals surface area contributed by atoms with E-state index in [-0.39, 0.29) is 54.6 Å². The first-order chi connectivity index (χ1) is 40.2. The molecule has 3 heterocycles. The van der Waals surface area contributed by atoms with E-state index in [9.17, 15) is 0 Å². The Balaban J connectivity index is 0.00000752. The summed E-state index contributed by atoms with van der Waals surface area (Å²) in [4.78, 5) is 9.79. The van der Waals surface area contributed by atoms with E-state index in [0.29, 0.717) is 11.5 Å². The topological polar surface area (TPSA) is 33.5 Å². The second kappa shape index (κ2) is 22.8. The summed E-state index contributed by atoms with van der Waals surface area (Å²) in [5.74, 6) is 2.54. The Morgan fingerprint density at radius 3 is 1.59 bits per heavy atom. The Kier molecular flexibility index (Phi) is 15.8. The van der Waals surface area contributed by atoms with Crippen molar-refractivity contribution in [2.75, 3.05) is 9.80 Å². The number of rotatable bonds is 14. The van der Waals surface area contributed by atoms with Gasteiger partial charge in [-0.25, -0.2) is 4.98 Å². The van der Waals surface area contributed by atoms with Crippen LogP contribution in [0.3, 0.4) is 0 Å². The molecule has 5 nitrogen and oxygen atoms in total. The molecule has 12 rings (SSSR count). The first kappa shape index (κ1) is 58.8. The van der Waals surface area contributed by atoms with Crippen molar-refractivity contribution in [3.63, 3.8) is 0 Å². The van der Waals surface area contributed by atoms with Crippen LogP contribution in [0.25, 0.3) is 38.8 Å². The van der Waals surface area contributed by atoms with E-state index in [2.05, 4.69) is 329 Å². The van der Waals surface area contributed by atoms with E-state index in [1.54, 1.807) is 0 Å². The summed E-state index contributed by atoms with van der Waals surface area (Å²) in [6.07, 6.45) is 1.93. The minimum Gasteiger partial charge on any atom is -0.509 e. The van der Waals surface area contributed by atoms with Crippen LogP contribution in [-0.4, -0.2) is 9.55 Å². The summed E-state index contributed by atoms with van der Waals surface area (Å²) in [6.45, 7) is 32.3. The molecular formula is C79H77N4OPt-3. The molecule has 0 saturated heterocycles. The standard InChI is InChI=1S/C79H77N4O.Pt/c1-52(2)66-33-25-34-67(53(3)4)75(66)54-42-62(49-65(43-54)84-64-37-38-69-68-32-23-24-35-70(68)83(72(69)50-64)74-48-59(40-41-80-74)77(8,9)55-26-17-14-18-27-55)81-51-82(73-47-58(76(5,6)7)36-39-71(73)81)63-45-60(78(10,11)56-28-19-15-20-29-56)44-61(46-63)79(12,13)57-30-21-16-22-31-57;/h14-48,51-53H,1-13H3;/q-3;. The minimum atomic E-state index is -0.311. The molecule has 9 aromatic carbocycles. The zero-order chi connectivity index (χ0) is 58.9. The summed E-state index contributed by atoms with van der Waals surface area (Å²) in [7, 11) is 0. The summed E-state index contributed by atoms with van der Waals surface area (Å²) in [5.41, 5.74) is 18.6. The Morgan fingerprint density at radius 1 is 0.447 bits per heavy atom. The molecule has 85 heavy (non-hydrogen) atoms. The summed E-state index contributed by atoms with van der Waals surface area (Å²) >= 11 is 0. The molecule has 1 aliphatic heterocycles. The molecule has 0 N–H and O–H groups in total. The van der Waals surface area contributed by atoms with Crippen LogP contribution >= 0.6 is 0 Å². The minimum absolute atomic E-state index is 0. The smallest absolute Gasteiger partial charge is 0.135 e. The molecule has 0 amide bonds. The fourth-order valence-corrected chi connectivity index (χ4v) is 12.5. The molecule has 0 atom stereocenters. The summed E-state index contributed by atoms with van der Waals surface area (Å²) in [6, 6.07) is 82.9. The summed E-state index contributed by atoms with van der Waals surface area (Å²) < 4.78 is 9.46. The Hall–Kier alpha value is -7.98. The van der Waals surface area contributed by atoms with Crippen LogP contribution in [0, 0.1) is 18.8 Å². The number of para-hydroxylation sites is 1. The molecule has 0 aliphatic carbocycles. The van der Waals surface area contributed by atoms with Crippen LogP contribution in [0.2, 0.25) is 0 Å². The van der Waals surface area contributed by atoms with Gasteiger partial charge >= 0.3 is 0 Å². The maximum absolute atomic E-state index is 7.23. The van der Waals surface area contributed by atoms with E-state index in [1.165, 1.54) is 55.6 Å². The third kappa shape index (κ3) is 11.0. The Bertz CT molecular complexity index is 4130. The molecule has 0 unspecified atom stereocenters. The number of pyridine rings is 1. The van der Waals surface area contributed by atoms with Gasteiger partial charge in [-0.05, 0) is 121 Å². The molecule has 0 spiro atoms. The van der Waals surface area contributed by atoms with Crippen molar-refractivity contribution >= 4 is 44.6 Å². The molecule has 0 bridgehead atoms. The van der Waals surface area contributed by atoms with Gasteiger partial charge in [0.05, 0.1) is 0 Å². The van der Waals surface area contributed by atoms with Crippen molar-refractivity contribution in [1.82, 2.24) is 9.55 Å². The maximum Gasteiger partial charge on any atom is 0.135 e. The number of fused-ring (bicyclic) bond motifs is 4. The van der Waals surface area contributed by atoms with Crippen molar-refractivity contribution in [3.05, 3.63) is 281 Å². The fraction of sp³-hybridized carbons (Fsp3) is 0.241. The van der Waals surface area contributed by atoms with Gasteiger partial charge < -0.3 is 19.1 Å². The molecule has 432 valence electrons. The number of ether oxygens (including phenoxy) is 1. The molecule has 0 saturated carbocycles. The predicted molar refractivity (Wildman–Crippen MR) is 352 cm³/mol. The van der Waals surface area contributed by atoms with Crippen molar-refractivity contribution in [3.8, 4) is 28.4 Å². The van der Waals surface area contributed by atoms with Crippen molar-refractivity contribution in [2.24, 2.45) is 0 Å². The van der Waals surface area contributed by atoms with Gasteiger partial charge in [0.25, 0.3) is 0 Å². The van der Waals surface area contributed by atoms with E-state index in [4.69, 9.17) is 9.72 Å². The van der Waals surface area contributed by atoms with Crippen LogP contribution < -0.4 is 14.5 Å². The first-order valence-electron chi connectivity index (χ1n) is 29.9. The Morgan fingerprint density at radius 2 is 1.01 bits per heavy atom. The molecule has 0 fully saturated rings. The molecule has 1 aliphatic rings. The van der Waals surface area contributed by atoms with Crippen molar-refractivity contribution in [2.45, 2.75) is 124 Å². The molecular weight excluding hydrogens is 1220 g/mol. The van der Waals surface area contributed by atoms with E-state index >= 15 is 0 Å². The number of benzene rings is 9. The normalized spacial score (nSPS) is 13.0. The molecule has 2 aromatic heterocycles. The van der Waals surface area contributed by atoms with Gasteiger partial charge in [-0.15, -0.1) is 53.6 Å². The van der Waals surface area contributed by atoms with Gasteiger partial charge in [0.2, 0.25) is 0 Å². The molecule has 0 radical (unpaired) electrons. The van der Waals surface area contributed by atoms with Gasteiger partial charge in [0, 0.05) is 77.6 Å². The second-order valence-corrected chi connectivity index (χ2v) is 26.2. The number of anilines is 4. The number of nitrogens with zero attached hydrogens (tertiary/aromatic N) is 4. The number of hydrogen-bond donors (Lipinski definition) is 0. The Labute approximate surface area is 519 Å². The van der Waals surface area contributed by atoms with E-state index < -0.39 is 0 Å². The van der Waals surface area contributed by atoms with Crippen molar-refractivity contribution < 1.29 is 25.8 Å². The van der Waals surface area contributed by atoms with Gasteiger partial charge in [0.1, 0.15) is 5.82 Å². The quantitative estimate of drug-likeness (QED) is 0.102. The van der Waals surface area contributed by atoms with Gasteiger partial charge in [0.15, 0.2) is 0 Å². The molecule has 11 aromatic rings. The van der Waals surface area contributed by atoms with Crippen LogP contribution in [0.1, 0.15) is 152 Å². The van der Waals surface area contributed by atoms with Crippen LogP contribution in [-0.2, 0) is 42.7 Å². The van der Waals surface area contributed by atoms with Crippen LogP contribution in [0.5, 0.6) is 11.5 Å². The van der Waals surface area contributed by atoms with E-state index in [0.717, 1.165) is 55.9 Å². The third-order valence-electron chi connectivity index (χ3n) is 17.9. The maximum atomic E-state index is 7.23. The monoisotopic (exact) mass is 1290 g/mol. The first-order valence-corrected chi connectivity index (χ1v) is 29.9. The SMILES string of the molecule is CC(C)c1cccc(C(C)C)c1-c1cc(Oc2[c-]c3c(cc2)c2ccccc2n3-c2cc(C(C)(C)c3ccccc3)ccn2)[c-]c(N2[CH-]N(c3cc(C(C)(C)c4ccccc4)cc(C(C)(C)c4ccccc4)c3)c3cc(C(C)(C)C)ccc32)c1.[Pt]. The average Bonchev–Trinajstić information content (AvgIpc) is 1.80. The zero-order valence-corrected chi connectivity index (χ0v) is 53.7. The van der Waals surface area contributed by atoms with Crippen LogP contribution in [0.15, 0.2) is 212 Å². The second-order valence-electron chi connectivity index (χ2n) is 26.2. The summed E-state index contributed by atoms with van der Waals surface area (Å²) in [5, 5.41) is 2.20. The zero-order valence-electron chi connectivity index (χ0n) is 51.5. The molecule has 6 heteroatoms. The number of aromatic nitrogens is 2. The number of hydrogen-bond acceptors (Lipinski definition) is 4. The van der Waals surface area contributed by atoms with Gasteiger partial charge in [-0.2, -0.15) is 6.07 Å². The van der Waals surface area contributed by atoms with Gasteiger partial charge in [-0.1, -0.05) is 235 Å². The van der Waals surface area contributed by atoms with Crippen molar-refractivity contribution in [1.29, 1.82) is 0 Å². The van der Waals surface area contributed by atoms with E-state index in [1.807, 2.05) is 6.20 Å². The predicted octanol–water partition coefficient (Wildman–Crippen LogP) is 21.2. The fourth-order valence-electron chi connectivity index (χ4n) is 12.5. The van der Waals surface area contributed by atoms with Crippen LogP contribution in [0.4, 0.5) is 22.7 Å². The largest absolute Gasteiger partial charge is 0.509 e. The average molecular weight is 1290 g/mol. The third-order valence-corrected chi connectivity index (χ3v) is 17.9.